The number of hydrogen-bond acceptors (Lipinski definition) is 2. The van der Waals surface area contributed by atoms with Crippen molar-refractivity contribution in [3.63, 3.8) is 0 Å². The fourth-order valence-electron chi connectivity index (χ4n) is 2.84. The molecule has 0 saturated heterocycles. The van der Waals surface area contributed by atoms with Gasteiger partial charge in [0, 0.05) is 47.0 Å². The SMILES string of the molecule is C[C@@H](CCc1ccco1)NC(=O)CCn1ccc2c(Br)cccc21. The molecule has 0 aliphatic rings. The van der Waals surface area contributed by atoms with Crippen LogP contribution < -0.4 is 5.32 Å². The highest BCUT2D eigenvalue weighted by Gasteiger charge is 2.10. The van der Waals surface area contributed by atoms with E-state index in [0.717, 1.165) is 28.6 Å². The van der Waals surface area contributed by atoms with E-state index >= 15 is 0 Å². The molecule has 1 atom stereocenters. The van der Waals surface area contributed by atoms with Gasteiger partial charge in [0.25, 0.3) is 0 Å². The Balaban J connectivity index is 1.48. The van der Waals surface area contributed by atoms with Crippen molar-refractivity contribution in [3.8, 4) is 0 Å². The molecular weight excluding hydrogens is 368 g/mol. The van der Waals surface area contributed by atoms with Crippen molar-refractivity contribution >= 4 is 32.7 Å². The molecule has 4 nitrogen and oxygen atoms in total. The molecule has 1 aromatic carbocycles. The van der Waals surface area contributed by atoms with Crippen molar-refractivity contribution < 1.29 is 9.21 Å². The Morgan fingerprint density at radius 3 is 2.96 bits per heavy atom. The van der Waals surface area contributed by atoms with E-state index in [2.05, 4.69) is 37.9 Å². The molecule has 2 aromatic heterocycles. The Morgan fingerprint density at radius 1 is 1.29 bits per heavy atom. The molecule has 1 amide bonds. The fourth-order valence-corrected chi connectivity index (χ4v) is 3.32. The summed E-state index contributed by atoms with van der Waals surface area (Å²) in [7, 11) is 0. The minimum atomic E-state index is 0.0822. The van der Waals surface area contributed by atoms with Gasteiger partial charge in [-0.3, -0.25) is 4.79 Å². The first-order valence-corrected chi connectivity index (χ1v) is 8.98. The van der Waals surface area contributed by atoms with E-state index in [1.54, 1.807) is 6.26 Å². The summed E-state index contributed by atoms with van der Waals surface area (Å²) in [6.07, 6.45) is 5.89. The molecule has 1 N–H and O–H groups in total. The molecule has 3 rings (SSSR count). The second kappa shape index (κ2) is 7.71. The molecule has 24 heavy (non-hydrogen) atoms. The summed E-state index contributed by atoms with van der Waals surface area (Å²) in [5.41, 5.74) is 1.14. The molecule has 5 heteroatoms. The molecule has 0 unspecified atom stereocenters. The van der Waals surface area contributed by atoms with Crippen LogP contribution in [0.25, 0.3) is 10.9 Å². The lowest BCUT2D eigenvalue weighted by Gasteiger charge is -2.13. The van der Waals surface area contributed by atoms with Gasteiger partial charge in [-0.1, -0.05) is 22.0 Å². The van der Waals surface area contributed by atoms with E-state index < -0.39 is 0 Å². The van der Waals surface area contributed by atoms with Crippen LogP contribution in [0.2, 0.25) is 0 Å². The summed E-state index contributed by atoms with van der Waals surface area (Å²) in [6.45, 7) is 2.71. The van der Waals surface area contributed by atoms with E-state index in [1.165, 1.54) is 5.39 Å². The molecule has 0 radical (unpaired) electrons. The first-order chi connectivity index (χ1) is 11.6. The highest BCUT2D eigenvalue weighted by Crippen LogP contribution is 2.24. The standard InChI is InChI=1S/C19H21BrN2O2/c1-14(7-8-15-4-3-13-24-15)21-19(23)10-12-22-11-9-16-17(20)5-2-6-18(16)22/h2-6,9,11,13-14H,7-8,10,12H2,1H3,(H,21,23)/t14-/m0/s1. The van der Waals surface area contributed by atoms with Crippen LogP contribution in [0.4, 0.5) is 0 Å². The van der Waals surface area contributed by atoms with Crippen molar-refractivity contribution in [3.05, 3.63) is 59.1 Å². The van der Waals surface area contributed by atoms with Crippen LogP contribution in [-0.2, 0) is 17.8 Å². The maximum atomic E-state index is 12.2. The molecule has 2 heterocycles. The van der Waals surface area contributed by atoms with Crippen LogP contribution in [0.3, 0.4) is 0 Å². The van der Waals surface area contributed by atoms with Gasteiger partial charge in [-0.2, -0.15) is 0 Å². The Labute approximate surface area is 150 Å². The van der Waals surface area contributed by atoms with Crippen molar-refractivity contribution in [1.82, 2.24) is 9.88 Å². The minimum Gasteiger partial charge on any atom is -0.469 e. The van der Waals surface area contributed by atoms with Gasteiger partial charge < -0.3 is 14.3 Å². The quantitative estimate of drug-likeness (QED) is 0.646. The Morgan fingerprint density at radius 2 is 2.17 bits per heavy atom. The van der Waals surface area contributed by atoms with Gasteiger partial charge in [0.1, 0.15) is 5.76 Å². The van der Waals surface area contributed by atoms with E-state index in [4.69, 9.17) is 4.42 Å². The van der Waals surface area contributed by atoms with Gasteiger partial charge in [-0.15, -0.1) is 0 Å². The molecule has 0 aliphatic heterocycles. The Bertz CT molecular complexity index is 808. The average Bonchev–Trinajstić information content (AvgIpc) is 3.21. The van der Waals surface area contributed by atoms with Crippen molar-refractivity contribution in [2.75, 3.05) is 0 Å². The van der Waals surface area contributed by atoms with Gasteiger partial charge in [0.15, 0.2) is 0 Å². The number of carbonyl (C=O) groups is 1. The number of nitrogens with one attached hydrogen (secondary N) is 1. The minimum absolute atomic E-state index is 0.0822. The number of hydrogen-bond donors (Lipinski definition) is 1. The second-order valence-electron chi connectivity index (χ2n) is 6.02. The topological polar surface area (TPSA) is 47.2 Å². The van der Waals surface area contributed by atoms with Crippen LogP contribution in [-0.4, -0.2) is 16.5 Å². The number of aromatic nitrogens is 1. The molecule has 3 aromatic rings. The zero-order chi connectivity index (χ0) is 16.9. The number of halogens is 1. The average molecular weight is 389 g/mol. The molecule has 0 fully saturated rings. The number of rotatable bonds is 7. The summed E-state index contributed by atoms with van der Waals surface area (Å²) >= 11 is 3.56. The number of aryl methyl sites for hydroxylation is 2. The van der Waals surface area contributed by atoms with Gasteiger partial charge in [0.05, 0.1) is 6.26 Å². The van der Waals surface area contributed by atoms with E-state index in [-0.39, 0.29) is 11.9 Å². The predicted molar refractivity (Wildman–Crippen MR) is 98.9 cm³/mol. The third-order valence-corrected chi connectivity index (χ3v) is 4.84. The predicted octanol–water partition coefficient (Wildman–Crippen LogP) is 4.52. The maximum absolute atomic E-state index is 12.2. The lowest BCUT2D eigenvalue weighted by Crippen LogP contribution is -2.33. The first-order valence-electron chi connectivity index (χ1n) is 8.18. The number of furan rings is 1. The van der Waals surface area contributed by atoms with Crippen LogP contribution in [0, 0.1) is 0 Å². The number of fused-ring (bicyclic) bond motifs is 1. The van der Waals surface area contributed by atoms with E-state index in [1.807, 2.05) is 37.4 Å². The smallest absolute Gasteiger partial charge is 0.221 e. The maximum Gasteiger partial charge on any atom is 0.221 e. The lowest BCUT2D eigenvalue weighted by molar-refractivity contribution is -0.121. The van der Waals surface area contributed by atoms with Crippen molar-refractivity contribution in [2.24, 2.45) is 0 Å². The summed E-state index contributed by atoms with van der Waals surface area (Å²) < 4.78 is 8.51. The van der Waals surface area contributed by atoms with Crippen LogP contribution in [0.5, 0.6) is 0 Å². The van der Waals surface area contributed by atoms with Crippen LogP contribution in [0.15, 0.2) is 57.7 Å². The zero-order valence-electron chi connectivity index (χ0n) is 13.7. The number of nitrogens with zero attached hydrogens (tertiary/aromatic N) is 1. The number of carbonyl (C=O) groups excluding carboxylic acids is 1. The first kappa shape index (κ1) is 16.8. The van der Waals surface area contributed by atoms with Gasteiger partial charge in [-0.25, -0.2) is 0 Å². The highest BCUT2D eigenvalue weighted by atomic mass is 79.9. The lowest BCUT2D eigenvalue weighted by atomic mass is 10.1. The molecule has 0 saturated carbocycles. The fraction of sp³-hybridized carbons (Fsp3) is 0.316. The van der Waals surface area contributed by atoms with Gasteiger partial charge >= 0.3 is 0 Å². The summed E-state index contributed by atoms with van der Waals surface area (Å²) in [6, 6.07) is 12.2. The molecule has 0 aliphatic carbocycles. The van der Waals surface area contributed by atoms with Crippen molar-refractivity contribution in [1.29, 1.82) is 0 Å². The number of amides is 1. The van der Waals surface area contributed by atoms with Crippen LogP contribution >= 0.6 is 15.9 Å². The third kappa shape index (κ3) is 4.09. The second-order valence-corrected chi connectivity index (χ2v) is 6.87. The molecule has 0 bridgehead atoms. The largest absolute Gasteiger partial charge is 0.469 e. The summed E-state index contributed by atoms with van der Waals surface area (Å²) in [5.74, 6) is 1.04. The van der Waals surface area contributed by atoms with Gasteiger partial charge in [-0.05, 0) is 43.7 Å². The monoisotopic (exact) mass is 388 g/mol. The molecule has 126 valence electrons. The van der Waals surface area contributed by atoms with Crippen LogP contribution in [0.1, 0.15) is 25.5 Å². The highest BCUT2D eigenvalue weighted by molar-refractivity contribution is 9.10. The molecule has 0 spiro atoms. The Kier molecular flexibility index (Phi) is 5.41. The summed E-state index contributed by atoms with van der Waals surface area (Å²) in [4.78, 5) is 12.2. The van der Waals surface area contributed by atoms with Crippen molar-refractivity contribution in [2.45, 2.75) is 38.8 Å². The third-order valence-electron chi connectivity index (χ3n) is 4.15. The normalized spacial score (nSPS) is 12.4. The summed E-state index contributed by atoms with van der Waals surface area (Å²) in [5, 5.41) is 4.23. The zero-order valence-corrected chi connectivity index (χ0v) is 15.3. The number of benzene rings is 1. The van der Waals surface area contributed by atoms with E-state index in [0.29, 0.717) is 13.0 Å². The van der Waals surface area contributed by atoms with Gasteiger partial charge in [0.2, 0.25) is 5.91 Å². The molecular formula is C19H21BrN2O2. The van der Waals surface area contributed by atoms with E-state index in [9.17, 15) is 4.79 Å². The Hall–Kier alpha value is -2.01.